The van der Waals surface area contributed by atoms with Crippen LogP contribution in [0.5, 0.6) is 0 Å². The van der Waals surface area contributed by atoms with Gasteiger partial charge in [-0.15, -0.1) is 0 Å². The van der Waals surface area contributed by atoms with Crippen molar-refractivity contribution >= 4 is 11.8 Å². The van der Waals surface area contributed by atoms with Gasteiger partial charge in [0.05, 0.1) is 17.2 Å². The number of piperidine rings is 1. The summed E-state index contributed by atoms with van der Waals surface area (Å²) in [6.07, 6.45) is 2.89. The monoisotopic (exact) mass is 392 g/mol. The Balaban J connectivity index is 1.31. The molecule has 0 radical (unpaired) electrons. The Morgan fingerprint density at radius 3 is 2.83 bits per heavy atom. The molecule has 0 bridgehead atoms. The van der Waals surface area contributed by atoms with Crippen LogP contribution in [0.15, 0.2) is 30.5 Å². The van der Waals surface area contributed by atoms with Crippen LogP contribution in [-0.4, -0.2) is 46.6 Å². The minimum Gasteiger partial charge on any atom is -0.457 e. The van der Waals surface area contributed by atoms with E-state index in [0.717, 1.165) is 48.4 Å². The Morgan fingerprint density at radius 2 is 2.14 bits per heavy atom. The number of nitrogens with one attached hydrogen (secondary N) is 1. The summed E-state index contributed by atoms with van der Waals surface area (Å²) in [4.78, 5) is 18.2. The second kappa shape index (κ2) is 8.19. The van der Waals surface area contributed by atoms with Gasteiger partial charge in [-0.1, -0.05) is 6.07 Å². The van der Waals surface area contributed by atoms with Crippen LogP contribution in [-0.2, 0) is 11.3 Å². The molecule has 2 aliphatic heterocycles. The maximum atomic E-state index is 11.7. The van der Waals surface area contributed by atoms with Gasteiger partial charge in [0.2, 0.25) is 0 Å². The molecule has 0 spiro atoms. The van der Waals surface area contributed by atoms with Crippen molar-refractivity contribution in [2.24, 2.45) is 0 Å². The van der Waals surface area contributed by atoms with Crippen LogP contribution in [0.4, 0.5) is 5.82 Å². The normalized spacial score (nSPS) is 18.0. The summed E-state index contributed by atoms with van der Waals surface area (Å²) in [5.74, 6) is 0.503. The zero-order valence-electron chi connectivity index (χ0n) is 16.4. The third-order valence-electron chi connectivity index (χ3n) is 5.83. The first kappa shape index (κ1) is 19.4. The lowest BCUT2D eigenvalue weighted by Gasteiger charge is -2.34. The average molecular weight is 392 g/mol. The molecular formula is C22H24N4O3. The molecule has 1 atom stereocenters. The fourth-order valence-electron chi connectivity index (χ4n) is 4.09. The third kappa shape index (κ3) is 4.09. The number of nitriles is 1. The number of hydrogen-bond acceptors (Lipinski definition) is 7. The first-order valence-corrected chi connectivity index (χ1v) is 9.87. The summed E-state index contributed by atoms with van der Waals surface area (Å²) in [5, 5.41) is 23.1. The molecule has 2 aliphatic rings. The van der Waals surface area contributed by atoms with E-state index in [9.17, 15) is 9.90 Å². The largest absolute Gasteiger partial charge is 0.457 e. The second-order valence-corrected chi connectivity index (χ2v) is 7.66. The summed E-state index contributed by atoms with van der Waals surface area (Å²) in [5.41, 5.74) is 3.87. The lowest BCUT2D eigenvalue weighted by atomic mass is 9.94. The number of ether oxygens (including phenoxy) is 1. The van der Waals surface area contributed by atoms with E-state index in [4.69, 9.17) is 10.00 Å². The predicted octanol–water partition coefficient (Wildman–Crippen LogP) is 2.54. The number of nitrogens with zero attached hydrogens (tertiary/aromatic N) is 3. The first-order valence-electron chi connectivity index (χ1n) is 9.87. The quantitative estimate of drug-likeness (QED) is 0.755. The summed E-state index contributed by atoms with van der Waals surface area (Å²) < 4.78 is 5.10. The number of carbonyl (C=O) groups is 1. The molecule has 1 aromatic carbocycles. The van der Waals surface area contributed by atoms with Gasteiger partial charge >= 0.3 is 5.97 Å². The van der Waals surface area contributed by atoms with Gasteiger partial charge in [0.15, 0.2) is 0 Å². The third-order valence-corrected chi connectivity index (χ3v) is 5.83. The Kier molecular flexibility index (Phi) is 5.47. The first-order chi connectivity index (χ1) is 14.0. The SMILES string of the molecule is Cc1c([C@@H](O)CN2CCC(Nc3ccc(C#N)cn3)CC2)ccc2c1COC2=O. The van der Waals surface area contributed by atoms with Crippen molar-refractivity contribution in [1.82, 2.24) is 9.88 Å². The molecule has 0 aliphatic carbocycles. The second-order valence-electron chi connectivity index (χ2n) is 7.66. The van der Waals surface area contributed by atoms with Gasteiger partial charge in [0, 0.05) is 37.4 Å². The van der Waals surface area contributed by atoms with Gasteiger partial charge < -0.3 is 20.1 Å². The van der Waals surface area contributed by atoms with Crippen molar-refractivity contribution in [3.8, 4) is 6.07 Å². The van der Waals surface area contributed by atoms with Crippen molar-refractivity contribution in [2.45, 2.75) is 38.5 Å². The molecule has 2 aromatic rings. The van der Waals surface area contributed by atoms with E-state index in [2.05, 4.69) is 21.3 Å². The van der Waals surface area contributed by atoms with Crippen molar-refractivity contribution in [3.63, 3.8) is 0 Å². The highest BCUT2D eigenvalue weighted by Crippen LogP contribution is 2.30. The number of β-amino-alcohol motifs (C(OH)–C–C–N with tert-alkyl or cyclic N) is 1. The van der Waals surface area contributed by atoms with Gasteiger partial charge in [-0.05, 0) is 49.1 Å². The minimum atomic E-state index is -0.597. The molecule has 0 saturated carbocycles. The van der Waals surface area contributed by atoms with Crippen LogP contribution in [0, 0.1) is 18.3 Å². The minimum absolute atomic E-state index is 0.282. The molecule has 1 fully saturated rings. The number of hydrogen-bond donors (Lipinski definition) is 2. The van der Waals surface area contributed by atoms with Gasteiger partial charge in [0.25, 0.3) is 0 Å². The molecule has 4 rings (SSSR count). The van der Waals surface area contributed by atoms with Crippen molar-refractivity contribution in [1.29, 1.82) is 5.26 Å². The van der Waals surface area contributed by atoms with Gasteiger partial charge in [-0.2, -0.15) is 5.26 Å². The lowest BCUT2D eigenvalue weighted by molar-refractivity contribution is 0.0535. The fraction of sp³-hybridized carbons (Fsp3) is 0.409. The zero-order valence-corrected chi connectivity index (χ0v) is 16.4. The lowest BCUT2D eigenvalue weighted by Crippen LogP contribution is -2.41. The standard InChI is InChI=1S/C22H24N4O3/c1-14-17(3-4-18-19(14)13-29-22(18)28)20(27)12-26-8-6-16(7-9-26)25-21-5-2-15(10-23)11-24-21/h2-5,11,16,20,27H,6-9,12-13H2,1H3,(H,24,25)/t20-/m0/s1. The van der Waals surface area contributed by atoms with Crippen LogP contribution in [0.3, 0.4) is 0 Å². The molecule has 1 aromatic heterocycles. The Labute approximate surface area is 169 Å². The highest BCUT2D eigenvalue weighted by molar-refractivity contribution is 5.93. The van der Waals surface area contributed by atoms with Gasteiger partial charge in [0.1, 0.15) is 18.5 Å². The molecule has 1 saturated heterocycles. The summed E-state index contributed by atoms with van der Waals surface area (Å²) in [7, 11) is 0. The van der Waals surface area contributed by atoms with Gasteiger partial charge in [-0.3, -0.25) is 0 Å². The van der Waals surface area contributed by atoms with E-state index >= 15 is 0 Å². The van der Waals surface area contributed by atoms with Crippen molar-refractivity contribution in [2.75, 3.05) is 25.0 Å². The molecule has 150 valence electrons. The van der Waals surface area contributed by atoms with Gasteiger partial charge in [-0.25, -0.2) is 9.78 Å². The number of fused-ring (bicyclic) bond motifs is 1. The van der Waals surface area contributed by atoms with E-state index < -0.39 is 6.10 Å². The number of aliphatic hydroxyl groups is 1. The maximum absolute atomic E-state index is 11.7. The van der Waals surface area contributed by atoms with Crippen LogP contribution in [0.1, 0.15) is 51.6 Å². The number of cyclic esters (lactones) is 1. The predicted molar refractivity (Wildman–Crippen MR) is 107 cm³/mol. The van der Waals surface area contributed by atoms with E-state index in [1.807, 2.05) is 19.1 Å². The Hall–Kier alpha value is -2.95. The number of rotatable bonds is 5. The van der Waals surface area contributed by atoms with E-state index in [1.54, 1.807) is 18.3 Å². The van der Waals surface area contributed by atoms with E-state index in [-0.39, 0.29) is 5.97 Å². The zero-order chi connectivity index (χ0) is 20.4. The summed E-state index contributed by atoms with van der Waals surface area (Å²) >= 11 is 0. The van der Waals surface area contributed by atoms with Crippen LogP contribution >= 0.6 is 0 Å². The number of esters is 1. The molecule has 7 heteroatoms. The van der Waals surface area contributed by atoms with Crippen LogP contribution in [0.2, 0.25) is 0 Å². The number of aliphatic hydroxyl groups excluding tert-OH is 1. The number of anilines is 1. The number of carbonyl (C=O) groups excluding carboxylic acids is 1. The maximum Gasteiger partial charge on any atom is 0.338 e. The van der Waals surface area contributed by atoms with Crippen molar-refractivity contribution < 1.29 is 14.6 Å². The molecular weight excluding hydrogens is 368 g/mol. The summed E-state index contributed by atoms with van der Waals surface area (Å²) in [6.45, 7) is 4.57. The molecule has 2 N–H and O–H groups in total. The fourth-order valence-corrected chi connectivity index (χ4v) is 4.09. The molecule has 7 nitrogen and oxygen atoms in total. The van der Waals surface area contributed by atoms with Crippen LogP contribution < -0.4 is 5.32 Å². The highest BCUT2D eigenvalue weighted by atomic mass is 16.5. The summed E-state index contributed by atoms with van der Waals surface area (Å²) in [6, 6.07) is 9.60. The van der Waals surface area contributed by atoms with Crippen molar-refractivity contribution in [3.05, 3.63) is 58.3 Å². The molecule has 29 heavy (non-hydrogen) atoms. The number of aromatic nitrogens is 1. The molecule has 0 amide bonds. The topological polar surface area (TPSA) is 98.5 Å². The van der Waals surface area contributed by atoms with E-state index in [1.165, 1.54) is 0 Å². The molecule has 3 heterocycles. The Morgan fingerprint density at radius 1 is 1.34 bits per heavy atom. The molecule has 0 unspecified atom stereocenters. The smallest absolute Gasteiger partial charge is 0.338 e. The van der Waals surface area contributed by atoms with E-state index in [0.29, 0.717) is 30.3 Å². The number of benzene rings is 1. The van der Waals surface area contributed by atoms with Crippen LogP contribution in [0.25, 0.3) is 0 Å². The number of pyridine rings is 1. The number of likely N-dealkylation sites (tertiary alicyclic amines) is 1. The average Bonchev–Trinajstić information content (AvgIpc) is 3.12. The highest BCUT2D eigenvalue weighted by Gasteiger charge is 2.27. The Bertz CT molecular complexity index is 944.